The van der Waals surface area contributed by atoms with Crippen LogP contribution in [0.15, 0.2) is 29.1 Å². The van der Waals surface area contributed by atoms with Gasteiger partial charge in [-0.1, -0.05) is 6.07 Å². The van der Waals surface area contributed by atoms with Gasteiger partial charge in [-0.3, -0.25) is 9.78 Å². The third-order valence-corrected chi connectivity index (χ3v) is 4.86. The van der Waals surface area contributed by atoms with E-state index in [4.69, 9.17) is 15.2 Å². The fraction of sp³-hybridized carbons (Fsp3) is 0.190. The molecule has 0 aliphatic heterocycles. The van der Waals surface area contributed by atoms with Gasteiger partial charge in [-0.25, -0.2) is 9.67 Å². The number of nitrogen functional groups attached to an aromatic ring is 1. The van der Waals surface area contributed by atoms with Gasteiger partial charge in [-0.05, 0) is 37.6 Å². The van der Waals surface area contributed by atoms with E-state index in [-0.39, 0.29) is 28.4 Å². The first-order chi connectivity index (χ1) is 14.9. The van der Waals surface area contributed by atoms with Crippen LogP contribution in [0, 0.1) is 25.2 Å². The number of hydrogen-bond acceptors (Lipinski definition) is 8. The van der Waals surface area contributed by atoms with Crippen LogP contribution in [0.4, 0.5) is 5.82 Å². The molecule has 3 heterocycles. The molecule has 0 saturated carbocycles. The topological polar surface area (TPSA) is 145 Å². The normalized spacial score (nSPS) is 10.8. The van der Waals surface area contributed by atoms with Gasteiger partial charge in [0.2, 0.25) is 5.95 Å². The first-order valence-corrected chi connectivity index (χ1v) is 9.27. The molecule has 0 atom stereocenters. The minimum Gasteiger partial charge on any atom is -0.493 e. The van der Waals surface area contributed by atoms with Crippen molar-refractivity contribution in [2.75, 3.05) is 20.0 Å². The second kappa shape index (κ2) is 7.46. The Morgan fingerprint density at radius 1 is 1.13 bits per heavy atom. The Balaban J connectivity index is 2.07. The molecular weight excluding hydrogens is 398 g/mol. The smallest absolute Gasteiger partial charge is 0.262 e. The Kier molecular flexibility index (Phi) is 4.79. The minimum atomic E-state index is -0.471. The van der Waals surface area contributed by atoms with E-state index in [1.54, 1.807) is 18.2 Å². The zero-order valence-electron chi connectivity index (χ0n) is 17.3. The van der Waals surface area contributed by atoms with Crippen LogP contribution in [0.5, 0.6) is 11.5 Å². The molecule has 10 nitrogen and oxygen atoms in total. The maximum Gasteiger partial charge on any atom is 0.262 e. The highest BCUT2D eigenvalue weighted by Gasteiger charge is 2.21. The van der Waals surface area contributed by atoms with Gasteiger partial charge in [0.15, 0.2) is 17.1 Å². The Labute approximate surface area is 176 Å². The van der Waals surface area contributed by atoms with E-state index in [0.717, 1.165) is 11.4 Å². The predicted octanol–water partition coefficient (Wildman–Crippen LogP) is 2.26. The molecule has 3 aromatic heterocycles. The second-order valence-corrected chi connectivity index (χ2v) is 6.86. The Morgan fingerprint density at radius 2 is 1.87 bits per heavy atom. The third-order valence-electron chi connectivity index (χ3n) is 4.86. The van der Waals surface area contributed by atoms with Crippen LogP contribution in [0.2, 0.25) is 0 Å². The standard InChI is InChI=1S/C21H19N7O3/c1-10-7-11(2)28(27-10)21-25-19-17(20(29)26-21)16(13(9-22)18(23)24-19)12-5-6-14(30-3)15(8-12)31-4/h5-8H,1-4H3,(H3,23,24,25,26,29). The molecule has 4 aromatic rings. The van der Waals surface area contributed by atoms with E-state index in [1.165, 1.54) is 18.9 Å². The molecule has 4 rings (SSSR count). The first kappa shape index (κ1) is 19.9. The molecule has 0 saturated heterocycles. The Hall–Kier alpha value is -4.39. The lowest BCUT2D eigenvalue weighted by atomic mass is 9.97. The fourth-order valence-electron chi connectivity index (χ4n) is 3.52. The van der Waals surface area contributed by atoms with E-state index in [1.807, 2.05) is 26.0 Å². The van der Waals surface area contributed by atoms with Crippen molar-refractivity contribution in [1.29, 1.82) is 5.26 Å². The Bertz CT molecular complexity index is 1430. The van der Waals surface area contributed by atoms with Crippen LogP contribution in [-0.4, -0.2) is 39.0 Å². The fourth-order valence-corrected chi connectivity index (χ4v) is 3.52. The van der Waals surface area contributed by atoms with Crippen LogP contribution in [-0.2, 0) is 0 Å². The van der Waals surface area contributed by atoms with E-state index in [0.29, 0.717) is 22.6 Å². The van der Waals surface area contributed by atoms with Gasteiger partial charge in [-0.15, -0.1) is 0 Å². The lowest BCUT2D eigenvalue weighted by Gasteiger charge is -2.13. The Morgan fingerprint density at radius 3 is 2.48 bits per heavy atom. The molecule has 31 heavy (non-hydrogen) atoms. The van der Waals surface area contributed by atoms with Crippen LogP contribution in [0.1, 0.15) is 17.0 Å². The highest BCUT2D eigenvalue weighted by atomic mass is 16.5. The van der Waals surface area contributed by atoms with Gasteiger partial charge in [0.05, 0.1) is 25.3 Å². The van der Waals surface area contributed by atoms with Crippen LogP contribution in [0.3, 0.4) is 0 Å². The van der Waals surface area contributed by atoms with Crippen molar-refractivity contribution >= 4 is 16.9 Å². The number of fused-ring (bicyclic) bond motifs is 1. The van der Waals surface area contributed by atoms with Crippen molar-refractivity contribution in [2.24, 2.45) is 0 Å². The molecule has 1 aromatic carbocycles. The molecule has 0 fully saturated rings. The molecule has 0 unspecified atom stereocenters. The number of nitrogens with two attached hydrogens (primary N) is 1. The molecule has 0 spiro atoms. The van der Waals surface area contributed by atoms with Crippen LogP contribution < -0.4 is 20.8 Å². The summed E-state index contributed by atoms with van der Waals surface area (Å²) in [5.74, 6) is 1.13. The van der Waals surface area contributed by atoms with Gasteiger partial charge in [0.25, 0.3) is 5.56 Å². The lowest BCUT2D eigenvalue weighted by molar-refractivity contribution is 0.355. The van der Waals surface area contributed by atoms with Crippen molar-refractivity contribution in [3.05, 3.63) is 51.6 Å². The molecular formula is C21H19N7O3. The van der Waals surface area contributed by atoms with Gasteiger partial charge < -0.3 is 15.2 Å². The van der Waals surface area contributed by atoms with E-state index < -0.39 is 5.56 Å². The number of aryl methyl sites for hydroxylation is 2. The first-order valence-electron chi connectivity index (χ1n) is 9.27. The third kappa shape index (κ3) is 3.22. The van der Waals surface area contributed by atoms with Crippen molar-refractivity contribution in [2.45, 2.75) is 13.8 Å². The van der Waals surface area contributed by atoms with Gasteiger partial charge in [0, 0.05) is 11.3 Å². The lowest BCUT2D eigenvalue weighted by Crippen LogP contribution is -2.17. The number of rotatable bonds is 4. The summed E-state index contributed by atoms with van der Waals surface area (Å²) in [6.45, 7) is 3.69. The number of nitrogens with zero attached hydrogens (tertiary/aromatic N) is 5. The number of pyridine rings is 1. The maximum atomic E-state index is 13.2. The van der Waals surface area contributed by atoms with Crippen molar-refractivity contribution in [3.8, 4) is 34.6 Å². The SMILES string of the molecule is COc1ccc(-c2c(C#N)c(N)nc3nc(-n4nc(C)cc4C)[nH]c(=O)c23)cc1OC. The highest BCUT2D eigenvalue weighted by molar-refractivity contribution is 5.98. The molecule has 0 amide bonds. The summed E-state index contributed by atoms with van der Waals surface area (Å²) >= 11 is 0. The van der Waals surface area contributed by atoms with Gasteiger partial charge in [0.1, 0.15) is 17.5 Å². The summed E-state index contributed by atoms with van der Waals surface area (Å²) in [6.07, 6.45) is 0. The number of H-pyrrole nitrogens is 1. The molecule has 0 radical (unpaired) electrons. The summed E-state index contributed by atoms with van der Waals surface area (Å²) in [7, 11) is 3.02. The van der Waals surface area contributed by atoms with Gasteiger partial charge >= 0.3 is 0 Å². The van der Waals surface area contributed by atoms with Gasteiger partial charge in [-0.2, -0.15) is 15.3 Å². The highest BCUT2D eigenvalue weighted by Crippen LogP contribution is 2.37. The maximum absolute atomic E-state index is 13.2. The predicted molar refractivity (Wildman–Crippen MR) is 114 cm³/mol. The summed E-state index contributed by atoms with van der Waals surface area (Å²) in [4.78, 5) is 24.6. The summed E-state index contributed by atoms with van der Waals surface area (Å²) in [5, 5.41) is 14.2. The van der Waals surface area contributed by atoms with E-state index in [9.17, 15) is 10.1 Å². The van der Waals surface area contributed by atoms with Crippen molar-refractivity contribution < 1.29 is 9.47 Å². The quantitative estimate of drug-likeness (QED) is 0.514. The number of methoxy groups -OCH3 is 2. The van der Waals surface area contributed by atoms with E-state index in [2.05, 4.69) is 20.1 Å². The number of nitrogens with one attached hydrogen (secondary N) is 1. The zero-order chi connectivity index (χ0) is 22.3. The molecule has 0 aliphatic carbocycles. The molecule has 3 N–H and O–H groups in total. The van der Waals surface area contributed by atoms with E-state index >= 15 is 0 Å². The average Bonchev–Trinajstić information content (AvgIpc) is 3.09. The number of aromatic amines is 1. The zero-order valence-corrected chi connectivity index (χ0v) is 17.3. The summed E-state index contributed by atoms with van der Waals surface area (Å²) < 4.78 is 12.2. The molecule has 0 bridgehead atoms. The number of anilines is 1. The van der Waals surface area contributed by atoms with Crippen LogP contribution >= 0.6 is 0 Å². The number of nitriles is 1. The molecule has 156 valence electrons. The average molecular weight is 417 g/mol. The van der Waals surface area contributed by atoms with Crippen molar-refractivity contribution in [1.82, 2.24) is 24.7 Å². The number of hydrogen-bond donors (Lipinski definition) is 2. The number of aromatic nitrogens is 5. The second-order valence-electron chi connectivity index (χ2n) is 6.86. The summed E-state index contributed by atoms with van der Waals surface area (Å²) in [6, 6.07) is 8.98. The minimum absolute atomic E-state index is 0.0304. The number of ether oxygens (including phenoxy) is 2. The molecule has 0 aliphatic rings. The largest absolute Gasteiger partial charge is 0.493 e. The monoisotopic (exact) mass is 417 g/mol. The van der Waals surface area contributed by atoms with Crippen molar-refractivity contribution in [3.63, 3.8) is 0 Å². The number of benzene rings is 1. The summed E-state index contributed by atoms with van der Waals surface area (Å²) in [5.41, 5.74) is 8.21. The van der Waals surface area contributed by atoms with Crippen LogP contribution in [0.25, 0.3) is 28.1 Å². The molecule has 10 heteroatoms.